The molecule has 27 heavy (non-hydrogen) atoms. The van der Waals surface area contributed by atoms with Gasteiger partial charge in [-0.3, -0.25) is 4.79 Å². The number of pyridine rings is 2. The van der Waals surface area contributed by atoms with Crippen LogP contribution in [0.4, 0.5) is 0 Å². The van der Waals surface area contributed by atoms with Gasteiger partial charge in [-0.1, -0.05) is 6.92 Å². The molecule has 0 radical (unpaired) electrons. The van der Waals surface area contributed by atoms with E-state index >= 15 is 0 Å². The summed E-state index contributed by atoms with van der Waals surface area (Å²) >= 11 is 0. The number of aromatic carboxylic acids is 1. The van der Waals surface area contributed by atoms with Gasteiger partial charge in [0.1, 0.15) is 11.2 Å². The molecule has 0 aliphatic carbocycles. The summed E-state index contributed by atoms with van der Waals surface area (Å²) in [5.74, 6) is -1.22. The van der Waals surface area contributed by atoms with Gasteiger partial charge in [-0.25, -0.2) is 9.78 Å². The molecule has 3 aromatic rings. The van der Waals surface area contributed by atoms with Crippen molar-refractivity contribution in [2.75, 3.05) is 14.1 Å². The largest absolute Gasteiger partial charge is 0.477 e. The maximum atomic E-state index is 12.1. The predicted molar refractivity (Wildman–Crippen MR) is 109 cm³/mol. The zero-order valence-corrected chi connectivity index (χ0v) is 16.9. The third kappa shape index (κ3) is 4.68. The quantitative estimate of drug-likeness (QED) is 0.672. The van der Waals surface area contributed by atoms with Gasteiger partial charge in [0.2, 0.25) is 0 Å². The number of nitrogens with zero attached hydrogens (tertiary/aromatic N) is 3. The minimum absolute atomic E-state index is 0. The Morgan fingerprint density at radius 1 is 1.26 bits per heavy atom. The summed E-state index contributed by atoms with van der Waals surface area (Å²) in [4.78, 5) is 32.5. The highest BCUT2D eigenvalue weighted by atomic mass is 35.5. The average Bonchev–Trinajstić information content (AvgIpc) is 2.94. The number of rotatable bonds is 5. The Hall–Kier alpha value is -2.35. The van der Waals surface area contributed by atoms with Crippen LogP contribution in [0.25, 0.3) is 16.9 Å². The molecule has 0 aliphatic rings. The monoisotopic (exact) mass is 412 g/mol. The number of carboxylic acids is 1. The number of hydrogen-bond acceptors (Lipinski definition) is 4. The molecule has 0 aromatic carbocycles. The number of carbonyl (C=O) groups is 1. The first kappa shape index (κ1) is 22.7. The van der Waals surface area contributed by atoms with Crippen molar-refractivity contribution in [1.29, 1.82) is 0 Å². The Morgan fingerprint density at radius 3 is 2.56 bits per heavy atom. The van der Waals surface area contributed by atoms with E-state index in [-0.39, 0.29) is 30.4 Å². The second-order valence-corrected chi connectivity index (χ2v) is 6.22. The number of carboxylic acid groups (broad SMARTS) is 1. The Balaban J connectivity index is 0.00000182. The van der Waals surface area contributed by atoms with Crippen LogP contribution in [0.15, 0.2) is 35.4 Å². The van der Waals surface area contributed by atoms with Crippen molar-refractivity contribution in [3.63, 3.8) is 0 Å². The fraction of sp³-hybridized carbons (Fsp3) is 0.278. The first-order valence-corrected chi connectivity index (χ1v) is 8.01. The molecule has 0 aliphatic heterocycles. The second-order valence-electron chi connectivity index (χ2n) is 6.22. The maximum Gasteiger partial charge on any atom is 0.341 e. The SMILES string of the molecule is CCc1cc(C(=O)O)c(=O)[nH]c1-c1ccc2nc(CN(C)C)cn2c1.Cl.Cl. The van der Waals surface area contributed by atoms with Crippen molar-refractivity contribution >= 4 is 36.4 Å². The van der Waals surface area contributed by atoms with Crippen molar-refractivity contribution in [3.05, 3.63) is 57.8 Å². The summed E-state index contributed by atoms with van der Waals surface area (Å²) < 4.78 is 1.91. The Labute approximate surface area is 168 Å². The molecule has 0 atom stereocenters. The van der Waals surface area contributed by atoms with Crippen LogP contribution in [0.2, 0.25) is 0 Å². The highest BCUT2D eigenvalue weighted by molar-refractivity contribution is 5.88. The molecule has 0 bridgehead atoms. The van der Waals surface area contributed by atoms with Crippen LogP contribution in [0, 0.1) is 0 Å². The number of imidazole rings is 1. The molecule has 0 unspecified atom stereocenters. The van der Waals surface area contributed by atoms with Crippen molar-refractivity contribution in [1.82, 2.24) is 19.3 Å². The van der Waals surface area contributed by atoms with E-state index in [1.807, 2.05) is 54.8 Å². The molecule has 0 saturated carbocycles. The molecule has 0 amide bonds. The van der Waals surface area contributed by atoms with Gasteiger partial charge < -0.3 is 19.4 Å². The molecule has 0 saturated heterocycles. The van der Waals surface area contributed by atoms with Crippen LogP contribution < -0.4 is 5.56 Å². The summed E-state index contributed by atoms with van der Waals surface area (Å²) in [7, 11) is 3.97. The number of halogens is 2. The number of H-pyrrole nitrogens is 1. The van der Waals surface area contributed by atoms with Gasteiger partial charge >= 0.3 is 5.97 Å². The van der Waals surface area contributed by atoms with Crippen LogP contribution in [0.1, 0.15) is 28.5 Å². The molecule has 7 nitrogen and oxygen atoms in total. The number of aryl methyl sites for hydroxylation is 1. The highest BCUT2D eigenvalue weighted by Gasteiger charge is 2.15. The third-order valence-corrected chi connectivity index (χ3v) is 4.00. The minimum Gasteiger partial charge on any atom is -0.477 e. The zero-order valence-electron chi connectivity index (χ0n) is 15.2. The molecule has 3 heterocycles. The van der Waals surface area contributed by atoms with E-state index < -0.39 is 11.5 Å². The number of nitrogens with one attached hydrogen (secondary N) is 1. The van der Waals surface area contributed by atoms with Gasteiger partial charge in [0.05, 0.1) is 11.4 Å². The van der Waals surface area contributed by atoms with Crippen molar-refractivity contribution in [2.45, 2.75) is 19.9 Å². The predicted octanol–water partition coefficient (Wildman–Crippen LogP) is 2.86. The third-order valence-electron chi connectivity index (χ3n) is 4.00. The lowest BCUT2D eigenvalue weighted by molar-refractivity contribution is 0.0695. The van der Waals surface area contributed by atoms with Crippen LogP contribution in [-0.2, 0) is 13.0 Å². The molecule has 2 N–H and O–H groups in total. The van der Waals surface area contributed by atoms with Crippen molar-refractivity contribution in [3.8, 4) is 11.3 Å². The number of hydrogen-bond donors (Lipinski definition) is 2. The summed E-state index contributed by atoms with van der Waals surface area (Å²) in [6, 6.07) is 5.22. The summed E-state index contributed by atoms with van der Waals surface area (Å²) in [6.45, 7) is 2.66. The van der Waals surface area contributed by atoms with Gasteiger partial charge in [-0.2, -0.15) is 0 Å². The lowest BCUT2D eigenvalue weighted by atomic mass is 10.0. The second kappa shape index (κ2) is 9.03. The topological polar surface area (TPSA) is 90.7 Å². The smallest absolute Gasteiger partial charge is 0.341 e. The number of aromatic amines is 1. The Bertz CT molecular complexity index is 1010. The number of fused-ring (bicyclic) bond motifs is 1. The lowest BCUT2D eigenvalue weighted by Gasteiger charge is -2.09. The van der Waals surface area contributed by atoms with E-state index in [2.05, 4.69) is 9.97 Å². The van der Waals surface area contributed by atoms with Crippen LogP contribution in [-0.4, -0.2) is 44.4 Å². The fourth-order valence-corrected chi connectivity index (χ4v) is 2.86. The molecule has 146 valence electrons. The zero-order chi connectivity index (χ0) is 18.1. The molecule has 9 heteroatoms. The maximum absolute atomic E-state index is 12.1. The van der Waals surface area contributed by atoms with Crippen LogP contribution >= 0.6 is 24.8 Å². The molecule has 3 rings (SSSR count). The van der Waals surface area contributed by atoms with E-state index in [0.29, 0.717) is 12.1 Å². The van der Waals surface area contributed by atoms with Crippen molar-refractivity contribution in [2.24, 2.45) is 0 Å². The normalized spacial score (nSPS) is 10.5. The van der Waals surface area contributed by atoms with Crippen LogP contribution in [0.3, 0.4) is 0 Å². The molecular formula is C18H22Cl2N4O3. The minimum atomic E-state index is -1.22. The summed E-state index contributed by atoms with van der Waals surface area (Å²) in [5, 5.41) is 9.13. The number of aromatic nitrogens is 3. The molecular weight excluding hydrogens is 391 g/mol. The molecule has 0 spiro atoms. The van der Waals surface area contributed by atoms with Crippen LogP contribution in [0.5, 0.6) is 0 Å². The summed E-state index contributed by atoms with van der Waals surface area (Å²) in [6.07, 6.45) is 4.46. The first-order chi connectivity index (χ1) is 11.9. The van der Waals surface area contributed by atoms with Gasteiger partial charge in [-0.15, -0.1) is 24.8 Å². The lowest BCUT2D eigenvalue weighted by Crippen LogP contribution is -2.19. The average molecular weight is 413 g/mol. The Morgan fingerprint density at radius 2 is 1.96 bits per heavy atom. The van der Waals surface area contributed by atoms with Gasteiger partial charge in [-0.05, 0) is 44.3 Å². The first-order valence-electron chi connectivity index (χ1n) is 8.01. The molecule has 3 aromatic heterocycles. The summed E-state index contributed by atoms with van der Waals surface area (Å²) in [5.41, 5.74) is 3.17. The van der Waals surface area contributed by atoms with E-state index in [4.69, 9.17) is 5.11 Å². The van der Waals surface area contributed by atoms with Gasteiger partial charge in [0.15, 0.2) is 0 Å². The van der Waals surface area contributed by atoms with E-state index in [1.54, 1.807) is 0 Å². The van der Waals surface area contributed by atoms with Gasteiger partial charge in [0.25, 0.3) is 5.56 Å². The van der Waals surface area contributed by atoms with E-state index in [9.17, 15) is 9.59 Å². The highest BCUT2D eigenvalue weighted by Crippen LogP contribution is 2.22. The van der Waals surface area contributed by atoms with Crippen molar-refractivity contribution < 1.29 is 9.90 Å². The van der Waals surface area contributed by atoms with E-state index in [1.165, 1.54) is 6.07 Å². The van der Waals surface area contributed by atoms with Gasteiger partial charge in [0, 0.05) is 24.5 Å². The van der Waals surface area contributed by atoms with E-state index in [0.717, 1.165) is 29.0 Å². The molecule has 0 fully saturated rings. The fourth-order valence-electron chi connectivity index (χ4n) is 2.86. The standard InChI is InChI=1S/C18H20N4O3.2ClH/c1-4-11-7-14(18(24)25)17(23)20-16(11)12-5-6-15-19-13(9-21(2)3)10-22(15)8-12;;/h5-8,10H,4,9H2,1-3H3,(H,20,23)(H,24,25);2*1H. The Kier molecular flexibility index (Phi) is 7.59.